The van der Waals surface area contributed by atoms with Crippen molar-refractivity contribution < 1.29 is 47.8 Å². The summed E-state index contributed by atoms with van der Waals surface area (Å²) in [5.41, 5.74) is 0. The van der Waals surface area contributed by atoms with E-state index in [0.29, 0.717) is 12.8 Å². The van der Waals surface area contributed by atoms with Crippen molar-refractivity contribution in [1.82, 2.24) is 0 Å². The van der Waals surface area contributed by atoms with Gasteiger partial charge in [-0.3, -0.25) is 18.6 Å². The second-order valence-corrected chi connectivity index (χ2v) is 13.3. The number of rotatable bonds is 33. The predicted molar refractivity (Wildman–Crippen MR) is 191 cm³/mol. The van der Waals surface area contributed by atoms with Gasteiger partial charge in [-0.25, -0.2) is 4.57 Å². The fraction of sp³-hybridized carbons (Fsp3) is 0.730. The standard InChI is InChI=1S/C37H65O10P/c1-3-5-7-9-10-11-12-13-14-15-16-17-18-19-20-21-22-23-24-25-27-29-37(41)47-35(31-39)33-45-48(42,43)44-32-34(30-38)46-36(40)28-26-8-6-4-2/h5,7,10-11,13-14,16-17,34-35,38-39H,3-4,6,8-9,12,15,18-33H2,1-2H3,(H,42,43)/b7-5-,11-10-,14-13-,17-16-. The van der Waals surface area contributed by atoms with Crippen LogP contribution in [0.4, 0.5) is 0 Å². The fourth-order valence-corrected chi connectivity index (χ4v) is 5.30. The molecule has 3 atom stereocenters. The summed E-state index contributed by atoms with van der Waals surface area (Å²) >= 11 is 0. The highest BCUT2D eigenvalue weighted by Gasteiger charge is 2.27. The zero-order chi connectivity index (χ0) is 35.6. The van der Waals surface area contributed by atoms with Crippen LogP contribution in [-0.2, 0) is 32.7 Å². The van der Waals surface area contributed by atoms with Gasteiger partial charge in [0.05, 0.1) is 26.4 Å². The van der Waals surface area contributed by atoms with Gasteiger partial charge in [0.15, 0.2) is 0 Å². The molecule has 0 amide bonds. The molecule has 0 rings (SSSR count). The van der Waals surface area contributed by atoms with Gasteiger partial charge in [0, 0.05) is 12.8 Å². The number of phosphoric acid groups is 1. The van der Waals surface area contributed by atoms with E-state index >= 15 is 0 Å². The van der Waals surface area contributed by atoms with Crippen LogP contribution in [0.1, 0.15) is 136 Å². The lowest BCUT2D eigenvalue weighted by Crippen LogP contribution is -2.28. The SMILES string of the molecule is CC/C=C\C/C=C\C/C=C\C/C=C\CCCCCCCCCCC(=O)OC(CO)COP(=O)(O)OCC(CO)OC(=O)CCCCCC. The van der Waals surface area contributed by atoms with Crippen molar-refractivity contribution >= 4 is 19.8 Å². The topological polar surface area (TPSA) is 149 Å². The number of carbonyl (C=O) groups excluding carboxylic acids is 2. The lowest BCUT2D eigenvalue weighted by Gasteiger charge is -2.20. The molecule has 0 saturated heterocycles. The van der Waals surface area contributed by atoms with E-state index in [9.17, 15) is 29.3 Å². The van der Waals surface area contributed by atoms with Crippen LogP contribution in [0.15, 0.2) is 48.6 Å². The second-order valence-electron chi connectivity index (χ2n) is 11.8. The van der Waals surface area contributed by atoms with E-state index in [2.05, 4.69) is 62.5 Å². The Balaban J connectivity index is 3.89. The van der Waals surface area contributed by atoms with E-state index in [-0.39, 0.29) is 12.8 Å². The average Bonchev–Trinajstić information content (AvgIpc) is 3.07. The third kappa shape index (κ3) is 31.2. The highest BCUT2D eigenvalue weighted by atomic mass is 31.2. The van der Waals surface area contributed by atoms with E-state index in [4.69, 9.17) is 18.5 Å². The molecule has 0 fully saturated rings. The van der Waals surface area contributed by atoms with Gasteiger partial charge in [0.2, 0.25) is 0 Å². The fourth-order valence-electron chi connectivity index (χ4n) is 4.52. The van der Waals surface area contributed by atoms with Gasteiger partial charge < -0.3 is 24.6 Å². The highest BCUT2D eigenvalue weighted by Crippen LogP contribution is 2.43. The Labute approximate surface area is 290 Å². The molecule has 0 aliphatic rings. The van der Waals surface area contributed by atoms with Crippen LogP contribution in [0.2, 0.25) is 0 Å². The monoisotopic (exact) mass is 700 g/mol. The maximum absolute atomic E-state index is 12.2. The molecule has 3 unspecified atom stereocenters. The Morgan fingerprint density at radius 3 is 1.42 bits per heavy atom. The summed E-state index contributed by atoms with van der Waals surface area (Å²) in [6.07, 6.45) is 33.1. The Kier molecular flexibility index (Phi) is 32.0. The van der Waals surface area contributed by atoms with Crippen LogP contribution in [0.25, 0.3) is 0 Å². The molecule has 0 aliphatic carbocycles. The molecule has 0 radical (unpaired) electrons. The first-order valence-corrected chi connectivity index (χ1v) is 19.6. The Morgan fingerprint density at radius 1 is 0.583 bits per heavy atom. The van der Waals surface area contributed by atoms with Crippen LogP contribution in [-0.4, -0.2) is 65.7 Å². The summed E-state index contributed by atoms with van der Waals surface area (Å²) in [5, 5.41) is 18.9. The van der Waals surface area contributed by atoms with Crippen molar-refractivity contribution in [2.75, 3.05) is 26.4 Å². The third-order valence-corrected chi connectivity index (χ3v) is 8.26. The first-order valence-electron chi connectivity index (χ1n) is 18.1. The van der Waals surface area contributed by atoms with E-state index in [0.717, 1.165) is 70.6 Å². The molecule has 11 heteroatoms. The highest BCUT2D eigenvalue weighted by molar-refractivity contribution is 7.47. The van der Waals surface area contributed by atoms with Crippen molar-refractivity contribution in [2.24, 2.45) is 0 Å². The first-order chi connectivity index (χ1) is 23.3. The molecule has 0 aromatic carbocycles. The van der Waals surface area contributed by atoms with E-state index in [1.54, 1.807) is 0 Å². The van der Waals surface area contributed by atoms with Gasteiger partial charge >= 0.3 is 19.8 Å². The number of ether oxygens (including phenoxy) is 2. The van der Waals surface area contributed by atoms with Crippen molar-refractivity contribution in [2.45, 2.75) is 148 Å². The minimum atomic E-state index is -4.62. The maximum Gasteiger partial charge on any atom is 0.472 e. The molecule has 0 bridgehead atoms. The maximum atomic E-state index is 12.2. The molecule has 0 saturated carbocycles. The van der Waals surface area contributed by atoms with Gasteiger partial charge in [-0.2, -0.15) is 0 Å². The Bertz CT molecular complexity index is 946. The van der Waals surface area contributed by atoms with Gasteiger partial charge in [0.25, 0.3) is 0 Å². The zero-order valence-electron chi connectivity index (χ0n) is 29.7. The summed E-state index contributed by atoms with van der Waals surface area (Å²) in [6, 6.07) is 0. The molecule has 278 valence electrons. The minimum Gasteiger partial charge on any atom is -0.457 e. The zero-order valence-corrected chi connectivity index (χ0v) is 30.6. The largest absolute Gasteiger partial charge is 0.472 e. The van der Waals surface area contributed by atoms with Crippen molar-refractivity contribution in [1.29, 1.82) is 0 Å². The van der Waals surface area contributed by atoms with Crippen LogP contribution in [0.3, 0.4) is 0 Å². The number of allylic oxidation sites excluding steroid dienone is 8. The van der Waals surface area contributed by atoms with Crippen molar-refractivity contribution in [3.63, 3.8) is 0 Å². The summed E-state index contributed by atoms with van der Waals surface area (Å²) < 4.78 is 32.1. The number of phosphoric ester groups is 1. The van der Waals surface area contributed by atoms with Gasteiger partial charge in [-0.1, -0.05) is 120 Å². The molecule has 3 N–H and O–H groups in total. The molecule has 48 heavy (non-hydrogen) atoms. The summed E-state index contributed by atoms with van der Waals surface area (Å²) in [7, 11) is -4.62. The van der Waals surface area contributed by atoms with Gasteiger partial charge in [0.1, 0.15) is 12.2 Å². The molecule has 0 aromatic rings. The average molecular weight is 701 g/mol. The summed E-state index contributed by atoms with van der Waals surface area (Å²) in [4.78, 5) is 34.0. The molecular formula is C37H65O10P. The molecule has 10 nitrogen and oxygen atoms in total. The predicted octanol–water partition coefficient (Wildman–Crippen LogP) is 8.60. The van der Waals surface area contributed by atoms with Crippen LogP contribution in [0.5, 0.6) is 0 Å². The smallest absolute Gasteiger partial charge is 0.457 e. The van der Waals surface area contributed by atoms with Gasteiger partial charge in [-0.15, -0.1) is 0 Å². The molecule has 0 aromatic heterocycles. The Morgan fingerprint density at radius 2 is 0.979 bits per heavy atom. The van der Waals surface area contributed by atoms with E-state index < -0.39 is 58.4 Å². The van der Waals surface area contributed by atoms with Crippen LogP contribution < -0.4 is 0 Å². The number of aliphatic hydroxyl groups is 2. The summed E-state index contributed by atoms with van der Waals surface area (Å²) in [6.45, 7) is 1.90. The lowest BCUT2D eigenvalue weighted by molar-refractivity contribution is -0.153. The molecule has 0 heterocycles. The molecule has 0 aliphatic heterocycles. The lowest BCUT2D eigenvalue weighted by atomic mass is 10.1. The number of aliphatic hydroxyl groups excluding tert-OH is 2. The van der Waals surface area contributed by atoms with Crippen molar-refractivity contribution in [3.8, 4) is 0 Å². The van der Waals surface area contributed by atoms with E-state index in [1.807, 2.05) is 0 Å². The Hall–Kier alpha value is -2.07. The van der Waals surface area contributed by atoms with Crippen LogP contribution >= 0.6 is 7.82 Å². The van der Waals surface area contributed by atoms with Crippen LogP contribution in [0, 0.1) is 0 Å². The van der Waals surface area contributed by atoms with Crippen molar-refractivity contribution in [3.05, 3.63) is 48.6 Å². The quantitative estimate of drug-likeness (QED) is 0.0263. The van der Waals surface area contributed by atoms with Gasteiger partial charge in [-0.05, 0) is 51.4 Å². The summed E-state index contributed by atoms with van der Waals surface area (Å²) in [5.74, 6) is -1.05. The number of carbonyl (C=O) groups is 2. The minimum absolute atomic E-state index is 0.181. The molecule has 0 spiro atoms. The number of hydrogen-bond donors (Lipinski definition) is 3. The number of hydrogen-bond acceptors (Lipinski definition) is 9. The third-order valence-electron chi connectivity index (χ3n) is 7.31. The molecular weight excluding hydrogens is 635 g/mol. The second kappa shape index (κ2) is 33.4. The first kappa shape index (κ1) is 45.9. The number of esters is 2. The van der Waals surface area contributed by atoms with E-state index in [1.165, 1.54) is 25.7 Å². The normalized spacial score (nSPS) is 14.7. The number of unbranched alkanes of at least 4 members (excludes halogenated alkanes) is 11.